The first kappa shape index (κ1) is 18.5. The van der Waals surface area contributed by atoms with Gasteiger partial charge in [0, 0.05) is 12.7 Å². The third kappa shape index (κ3) is 5.29. The molecule has 3 nitrogen and oxygen atoms in total. The SMILES string of the molecule is CN(C(=O)Nc1cccc(C(F)(F)F)c1)C(Cl)C(Cl)(Cl)Cl. The van der Waals surface area contributed by atoms with Gasteiger partial charge in [0.25, 0.3) is 0 Å². The fourth-order valence-electron chi connectivity index (χ4n) is 1.31. The molecular formula is C11H9Cl4F3N2O. The summed E-state index contributed by atoms with van der Waals surface area (Å²) >= 11 is 22.4. The van der Waals surface area contributed by atoms with Crippen LogP contribution in [0.25, 0.3) is 0 Å². The van der Waals surface area contributed by atoms with Gasteiger partial charge < -0.3 is 10.2 Å². The van der Waals surface area contributed by atoms with Crippen molar-refractivity contribution in [2.75, 3.05) is 12.4 Å². The van der Waals surface area contributed by atoms with Crippen LogP contribution in [0.3, 0.4) is 0 Å². The van der Waals surface area contributed by atoms with Crippen LogP contribution in [0.2, 0.25) is 0 Å². The first-order valence-electron chi connectivity index (χ1n) is 5.35. The van der Waals surface area contributed by atoms with Crippen molar-refractivity contribution in [2.45, 2.75) is 15.5 Å². The van der Waals surface area contributed by atoms with Gasteiger partial charge in [0.15, 0.2) is 5.50 Å². The van der Waals surface area contributed by atoms with Crippen LogP contribution < -0.4 is 5.32 Å². The molecule has 0 heterocycles. The maximum atomic E-state index is 12.6. The normalized spacial score (nSPS) is 13.7. The zero-order valence-corrected chi connectivity index (χ0v) is 13.4. The van der Waals surface area contributed by atoms with Crippen LogP contribution in [0.4, 0.5) is 23.7 Å². The minimum Gasteiger partial charge on any atom is -0.308 e. The summed E-state index contributed by atoms with van der Waals surface area (Å²) in [5.74, 6) is 0. The molecule has 0 aliphatic rings. The molecule has 0 aliphatic heterocycles. The van der Waals surface area contributed by atoms with Crippen LogP contribution in [0.5, 0.6) is 0 Å². The predicted molar refractivity (Wildman–Crippen MR) is 78.2 cm³/mol. The zero-order chi connectivity index (χ0) is 16.4. The Bertz CT molecular complexity index is 519. The van der Waals surface area contributed by atoms with Crippen molar-refractivity contribution >= 4 is 58.1 Å². The highest BCUT2D eigenvalue weighted by molar-refractivity contribution is 6.70. The van der Waals surface area contributed by atoms with Crippen molar-refractivity contribution in [1.29, 1.82) is 0 Å². The highest BCUT2D eigenvalue weighted by atomic mass is 35.6. The van der Waals surface area contributed by atoms with E-state index < -0.39 is 27.1 Å². The molecule has 0 aliphatic carbocycles. The van der Waals surface area contributed by atoms with E-state index in [4.69, 9.17) is 46.4 Å². The molecule has 0 bridgehead atoms. The Kier molecular flexibility index (Phi) is 5.89. The monoisotopic (exact) mass is 382 g/mol. The van der Waals surface area contributed by atoms with Gasteiger partial charge in [0.1, 0.15) is 0 Å². The molecule has 1 unspecified atom stereocenters. The summed E-state index contributed by atoms with van der Waals surface area (Å²) in [4.78, 5) is 12.7. The number of rotatable bonds is 2. The van der Waals surface area contributed by atoms with E-state index in [0.29, 0.717) is 0 Å². The molecule has 0 aromatic heterocycles. The van der Waals surface area contributed by atoms with Gasteiger partial charge in [-0.1, -0.05) is 52.5 Å². The minimum absolute atomic E-state index is 0.0603. The van der Waals surface area contributed by atoms with Crippen LogP contribution in [-0.2, 0) is 6.18 Å². The summed E-state index contributed by atoms with van der Waals surface area (Å²) in [6, 6.07) is 3.29. The van der Waals surface area contributed by atoms with Gasteiger partial charge in [0.05, 0.1) is 5.56 Å². The van der Waals surface area contributed by atoms with E-state index in [9.17, 15) is 18.0 Å². The van der Waals surface area contributed by atoms with E-state index in [-0.39, 0.29) is 5.69 Å². The molecule has 1 atom stereocenters. The summed E-state index contributed by atoms with van der Waals surface area (Å²) in [5, 5.41) is 2.23. The van der Waals surface area contributed by atoms with E-state index in [2.05, 4.69) is 5.32 Å². The molecule has 1 rings (SSSR count). The van der Waals surface area contributed by atoms with Crippen molar-refractivity contribution in [3.05, 3.63) is 29.8 Å². The highest BCUT2D eigenvalue weighted by Crippen LogP contribution is 2.35. The summed E-state index contributed by atoms with van der Waals surface area (Å²) in [5.41, 5.74) is -2.25. The standard InChI is InChI=1S/C11H9Cl4F3N2O/c1-20(8(12)10(13,14)15)9(21)19-7-4-2-3-6(5-7)11(16,17)18/h2-5,8H,1H3,(H,19,21). The second-order valence-corrected chi connectivity index (χ2v) is 6.78. The lowest BCUT2D eigenvalue weighted by atomic mass is 10.2. The van der Waals surface area contributed by atoms with Gasteiger partial charge in [-0.05, 0) is 18.2 Å². The number of carbonyl (C=O) groups is 1. The third-order valence-electron chi connectivity index (χ3n) is 2.37. The lowest BCUT2D eigenvalue weighted by Crippen LogP contribution is -2.43. The Labute approximate surface area is 138 Å². The summed E-state index contributed by atoms with van der Waals surface area (Å²) < 4.78 is 35.7. The van der Waals surface area contributed by atoms with Gasteiger partial charge in [-0.3, -0.25) is 0 Å². The van der Waals surface area contributed by atoms with Crippen molar-refractivity contribution in [3.8, 4) is 0 Å². The molecule has 0 saturated heterocycles. The maximum Gasteiger partial charge on any atom is 0.416 e. The molecule has 0 saturated carbocycles. The molecule has 1 aromatic rings. The van der Waals surface area contributed by atoms with Crippen molar-refractivity contribution in [1.82, 2.24) is 4.90 Å². The average Bonchev–Trinajstić information content (AvgIpc) is 2.35. The van der Waals surface area contributed by atoms with Crippen LogP contribution in [0.1, 0.15) is 5.56 Å². The quantitative estimate of drug-likeness (QED) is 0.558. The van der Waals surface area contributed by atoms with E-state index in [0.717, 1.165) is 23.1 Å². The molecule has 1 N–H and O–H groups in total. The second-order valence-electron chi connectivity index (χ2n) is 4.00. The Morgan fingerprint density at radius 3 is 2.33 bits per heavy atom. The number of anilines is 1. The summed E-state index contributed by atoms with van der Waals surface area (Å²) in [7, 11) is 1.24. The molecule has 0 spiro atoms. The summed E-state index contributed by atoms with van der Waals surface area (Å²) in [6.07, 6.45) is -4.51. The molecule has 118 valence electrons. The Morgan fingerprint density at radius 1 is 1.29 bits per heavy atom. The van der Waals surface area contributed by atoms with Crippen LogP contribution in [0, 0.1) is 0 Å². The van der Waals surface area contributed by atoms with Crippen LogP contribution in [0.15, 0.2) is 24.3 Å². The Hall–Kier alpha value is -0.560. The Balaban J connectivity index is 2.85. The van der Waals surface area contributed by atoms with Crippen molar-refractivity contribution < 1.29 is 18.0 Å². The maximum absolute atomic E-state index is 12.6. The molecule has 21 heavy (non-hydrogen) atoms. The topological polar surface area (TPSA) is 32.3 Å². The number of alkyl halides is 7. The number of nitrogens with zero attached hydrogens (tertiary/aromatic N) is 1. The number of nitrogens with one attached hydrogen (secondary N) is 1. The smallest absolute Gasteiger partial charge is 0.308 e. The number of hydrogen-bond donors (Lipinski definition) is 1. The first-order chi connectivity index (χ1) is 9.43. The Morgan fingerprint density at radius 2 is 1.86 bits per heavy atom. The van der Waals surface area contributed by atoms with E-state index in [1.807, 2.05) is 0 Å². The highest BCUT2D eigenvalue weighted by Gasteiger charge is 2.36. The van der Waals surface area contributed by atoms with Gasteiger partial charge in [0.2, 0.25) is 3.79 Å². The average molecular weight is 384 g/mol. The van der Waals surface area contributed by atoms with Gasteiger partial charge in [-0.2, -0.15) is 13.2 Å². The molecular weight excluding hydrogens is 375 g/mol. The van der Waals surface area contributed by atoms with Crippen LogP contribution >= 0.6 is 46.4 Å². The second kappa shape index (κ2) is 6.69. The predicted octanol–water partition coefficient (Wildman–Crippen LogP) is 5.10. The number of hydrogen-bond acceptors (Lipinski definition) is 1. The van der Waals surface area contributed by atoms with Gasteiger partial charge in [-0.15, -0.1) is 0 Å². The number of halogens is 7. The molecule has 2 amide bonds. The molecule has 10 heteroatoms. The fourth-order valence-corrected chi connectivity index (χ4v) is 1.84. The van der Waals surface area contributed by atoms with Crippen LogP contribution in [-0.4, -0.2) is 27.3 Å². The molecule has 1 aromatic carbocycles. The lowest BCUT2D eigenvalue weighted by Gasteiger charge is -2.28. The first-order valence-corrected chi connectivity index (χ1v) is 6.92. The van der Waals surface area contributed by atoms with Gasteiger partial charge >= 0.3 is 12.2 Å². The lowest BCUT2D eigenvalue weighted by molar-refractivity contribution is -0.137. The number of benzene rings is 1. The number of urea groups is 1. The zero-order valence-electron chi connectivity index (χ0n) is 10.4. The van der Waals surface area contributed by atoms with Crippen molar-refractivity contribution in [2.24, 2.45) is 0 Å². The molecule has 0 radical (unpaired) electrons. The summed E-state index contributed by atoms with van der Waals surface area (Å²) in [6.45, 7) is 0. The van der Waals surface area contributed by atoms with Gasteiger partial charge in [-0.25, -0.2) is 4.79 Å². The number of amides is 2. The van der Waals surface area contributed by atoms with E-state index in [1.54, 1.807) is 0 Å². The third-order valence-corrected chi connectivity index (χ3v) is 3.95. The number of carbonyl (C=O) groups excluding carboxylic acids is 1. The van der Waals surface area contributed by atoms with E-state index in [1.165, 1.54) is 13.1 Å². The minimum atomic E-state index is -4.51. The van der Waals surface area contributed by atoms with E-state index >= 15 is 0 Å². The molecule has 0 fully saturated rings. The van der Waals surface area contributed by atoms with Crippen molar-refractivity contribution in [3.63, 3.8) is 0 Å². The largest absolute Gasteiger partial charge is 0.416 e. The fraction of sp³-hybridized carbons (Fsp3) is 0.364.